The fourth-order valence-electron chi connectivity index (χ4n) is 2.12. The van der Waals surface area contributed by atoms with Crippen LogP contribution in [-0.4, -0.2) is 5.78 Å². The van der Waals surface area contributed by atoms with E-state index in [1.807, 2.05) is 26.0 Å². The van der Waals surface area contributed by atoms with E-state index in [9.17, 15) is 4.79 Å². The topological polar surface area (TPSA) is 17.1 Å². The van der Waals surface area contributed by atoms with Gasteiger partial charge in [0.1, 0.15) is 0 Å². The number of carbonyl (C=O) groups excluding carboxylic acids is 1. The molecule has 0 aromatic rings. The minimum Gasteiger partial charge on any atom is -0.289 e. The summed E-state index contributed by atoms with van der Waals surface area (Å²) in [5, 5.41) is 0. The molecule has 0 unspecified atom stereocenters. The molecule has 0 aliphatic carbocycles. The number of hydrogen-bond donors (Lipinski definition) is 0. The first kappa shape index (κ1) is 17.2. The third kappa shape index (κ3) is 6.78. The average molecular weight is 250 g/mol. The van der Waals surface area contributed by atoms with Crippen LogP contribution in [0.2, 0.25) is 0 Å². The molecule has 0 fully saturated rings. The highest BCUT2D eigenvalue weighted by Crippen LogP contribution is 2.18. The van der Waals surface area contributed by atoms with Gasteiger partial charge in [0.15, 0.2) is 5.78 Å². The highest BCUT2D eigenvalue weighted by molar-refractivity contribution is 6.08. The van der Waals surface area contributed by atoms with Crippen LogP contribution < -0.4 is 0 Å². The molecule has 0 saturated heterocycles. The molecule has 0 spiro atoms. The van der Waals surface area contributed by atoms with Crippen LogP contribution in [0.3, 0.4) is 0 Å². The van der Waals surface area contributed by atoms with Gasteiger partial charge in [-0.2, -0.15) is 0 Å². The Bertz CT molecular complexity index is 256. The SMILES string of the molecule is C/C=C(/CCCCC)C(=O)/C(=C\C)CCCCC. The van der Waals surface area contributed by atoms with Crippen LogP contribution >= 0.6 is 0 Å². The van der Waals surface area contributed by atoms with E-state index >= 15 is 0 Å². The molecule has 0 radical (unpaired) electrons. The molecule has 0 amide bonds. The van der Waals surface area contributed by atoms with Crippen LogP contribution in [0.4, 0.5) is 0 Å². The monoisotopic (exact) mass is 250 g/mol. The highest BCUT2D eigenvalue weighted by Gasteiger charge is 2.12. The van der Waals surface area contributed by atoms with E-state index in [1.165, 1.54) is 25.7 Å². The molecule has 1 nitrogen and oxygen atoms in total. The molecule has 18 heavy (non-hydrogen) atoms. The van der Waals surface area contributed by atoms with Gasteiger partial charge in [-0.25, -0.2) is 0 Å². The van der Waals surface area contributed by atoms with E-state index in [1.54, 1.807) is 0 Å². The van der Waals surface area contributed by atoms with Crippen LogP contribution in [0.15, 0.2) is 23.3 Å². The summed E-state index contributed by atoms with van der Waals surface area (Å²) >= 11 is 0. The molecular formula is C17H30O. The predicted octanol–water partition coefficient (Wildman–Crippen LogP) is 5.61. The molecular weight excluding hydrogens is 220 g/mol. The van der Waals surface area contributed by atoms with E-state index in [-0.39, 0.29) is 5.78 Å². The van der Waals surface area contributed by atoms with E-state index in [4.69, 9.17) is 0 Å². The summed E-state index contributed by atoms with van der Waals surface area (Å²) in [6, 6.07) is 0. The first-order valence-corrected chi connectivity index (χ1v) is 7.56. The molecule has 0 N–H and O–H groups in total. The van der Waals surface area contributed by atoms with Gasteiger partial charge in [-0.3, -0.25) is 4.79 Å². The Kier molecular flexibility index (Phi) is 10.7. The third-order valence-electron chi connectivity index (χ3n) is 3.38. The molecule has 0 heterocycles. The predicted molar refractivity (Wildman–Crippen MR) is 80.8 cm³/mol. The van der Waals surface area contributed by atoms with Crippen LogP contribution in [-0.2, 0) is 4.79 Å². The molecule has 1 heteroatoms. The quantitative estimate of drug-likeness (QED) is 0.364. The molecule has 0 bridgehead atoms. The van der Waals surface area contributed by atoms with Gasteiger partial charge < -0.3 is 0 Å². The number of carbonyl (C=O) groups is 1. The Balaban J connectivity index is 4.37. The Morgan fingerprint density at radius 2 is 1.17 bits per heavy atom. The maximum absolute atomic E-state index is 12.4. The standard InChI is InChI=1S/C17H30O/c1-5-9-11-13-15(7-3)17(18)16(8-4)14-12-10-6-2/h7-8H,5-6,9-14H2,1-4H3/b15-7-,16-8-. The Morgan fingerprint density at radius 3 is 1.44 bits per heavy atom. The molecule has 0 aromatic carbocycles. The van der Waals surface area contributed by atoms with Crippen molar-refractivity contribution < 1.29 is 4.79 Å². The molecule has 0 rings (SSSR count). The van der Waals surface area contributed by atoms with Crippen molar-refractivity contribution in [2.45, 2.75) is 79.1 Å². The molecule has 0 atom stereocenters. The molecule has 104 valence electrons. The van der Waals surface area contributed by atoms with Crippen molar-refractivity contribution in [3.05, 3.63) is 23.3 Å². The average Bonchev–Trinajstić information content (AvgIpc) is 2.39. The van der Waals surface area contributed by atoms with Crippen molar-refractivity contribution >= 4 is 5.78 Å². The zero-order valence-corrected chi connectivity index (χ0v) is 12.7. The fourth-order valence-corrected chi connectivity index (χ4v) is 2.12. The zero-order valence-electron chi connectivity index (χ0n) is 12.7. The second kappa shape index (κ2) is 11.3. The van der Waals surface area contributed by atoms with Crippen LogP contribution in [0.5, 0.6) is 0 Å². The van der Waals surface area contributed by atoms with Gasteiger partial charge in [0, 0.05) is 0 Å². The summed E-state index contributed by atoms with van der Waals surface area (Å²) in [5.74, 6) is 0.284. The maximum atomic E-state index is 12.4. The van der Waals surface area contributed by atoms with Gasteiger partial charge >= 0.3 is 0 Å². The number of allylic oxidation sites excluding steroid dienone is 4. The molecule has 0 aliphatic rings. The van der Waals surface area contributed by atoms with Crippen LogP contribution in [0.25, 0.3) is 0 Å². The van der Waals surface area contributed by atoms with E-state index < -0.39 is 0 Å². The van der Waals surface area contributed by atoms with E-state index in [0.29, 0.717) is 0 Å². The van der Waals surface area contributed by atoms with Crippen molar-refractivity contribution in [1.29, 1.82) is 0 Å². The zero-order chi connectivity index (χ0) is 13.8. The lowest BCUT2D eigenvalue weighted by molar-refractivity contribution is -0.112. The second-order valence-electron chi connectivity index (χ2n) is 4.87. The third-order valence-corrected chi connectivity index (χ3v) is 3.38. The number of unbranched alkanes of at least 4 members (excludes halogenated alkanes) is 4. The van der Waals surface area contributed by atoms with Gasteiger partial charge in [-0.05, 0) is 50.7 Å². The number of Topliss-reactive ketones (excluding diaryl/α,β-unsaturated/α-hetero) is 1. The summed E-state index contributed by atoms with van der Waals surface area (Å²) in [6.45, 7) is 8.36. The molecule has 0 aliphatic heterocycles. The highest BCUT2D eigenvalue weighted by atomic mass is 16.1. The minimum absolute atomic E-state index is 0.284. The van der Waals surface area contributed by atoms with Crippen molar-refractivity contribution in [3.8, 4) is 0 Å². The van der Waals surface area contributed by atoms with Gasteiger partial charge in [-0.1, -0.05) is 51.7 Å². The molecule has 0 aromatic heterocycles. The summed E-state index contributed by atoms with van der Waals surface area (Å²) in [4.78, 5) is 12.4. The summed E-state index contributed by atoms with van der Waals surface area (Å²) in [7, 11) is 0. The van der Waals surface area contributed by atoms with Gasteiger partial charge in [-0.15, -0.1) is 0 Å². The van der Waals surface area contributed by atoms with Crippen molar-refractivity contribution in [2.24, 2.45) is 0 Å². The van der Waals surface area contributed by atoms with Gasteiger partial charge in [0.05, 0.1) is 0 Å². The molecule has 0 saturated carbocycles. The normalized spacial score (nSPS) is 12.9. The number of ketones is 1. The summed E-state index contributed by atoms with van der Waals surface area (Å²) < 4.78 is 0. The van der Waals surface area contributed by atoms with E-state index in [2.05, 4.69) is 13.8 Å². The lowest BCUT2D eigenvalue weighted by Crippen LogP contribution is -2.07. The lowest BCUT2D eigenvalue weighted by Gasteiger charge is -2.09. The van der Waals surface area contributed by atoms with Crippen molar-refractivity contribution in [2.75, 3.05) is 0 Å². The first-order valence-electron chi connectivity index (χ1n) is 7.56. The maximum Gasteiger partial charge on any atom is 0.184 e. The number of rotatable bonds is 10. The lowest BCUT2D eigenvalue weighted by atomic mass is 9.94. The van der Waals surface area contributed by atoms with Crippen molar-refractivity contribution in [3.63, 3.8) is 0 Å². The summed E-state index contributed by atoms with van der Waals surface area (Å²) in [6.07, 6.45) is 13.0. The van der Waals surface area contributed by atoms with Gasteiger partial charge in [0.25, 0.3) is 0 Å². The Morgan fingerprint density at radius 1 is 0.778 bits per heavy atom. The van der Waals surface area contributed by atoms with Gasteiger partial charge in [0.2, 0.25) is 0 Å². The minimum atomic E-state index is 0.284. The largest absolute Gasteiger partial charge is 0.289 e. The Hall–Kier alpha value is -0.850. The first-order chi connectivity index (χ1) is 8.71. The van der Waals surface area contributed by atoms with Crippen LogP contribution in [0.1, 0.15) is 79.1 Å². The Labute approximate surface area is 113 Å². The van der Waals surface area contributed by atoms with Crippen molar-refractivity contribution in [1.82, 2.24) is 0 Å². The number of hydrogen-bond acceptors (Lipinski definition) is 1. The van der Waals surface area contributed by atoms with Crippen LogP contribution in [0, 0.1) is 0 Å². The second-order valence-corrected chi connectivity index (χ2v) is 4.87. The summed E-state index contributed by atoms with van der Waals surface area (Å²) in [5.41, 5.74) is 2.01. The van der Waals surface area contributed by atoms with E-state index in [0.717, 1.165) is 36.8 Å². The fraction of sp³-hybridized carbons (Fsp3) is 0.706. The smallest absolute Gasteiger partial charge is 0.184 e.